The number of aryl methyl sites for hydroxylation is 2. The Bertz CT molecular complexity index is 408. The summed E-state index contributed by atoms with van der Waals surface area (Å²) >= 11 is 0. The van der Waals surface area contributed by atoms with Crippen molar-refractivity contribution >= 4 is 0 Å². The minimum Gasteiger partial charge on any atom is -0.492 e. The van der Waals surface area contributed by atoms with E-state index in [1.165, 1.54) is 30.4 Å². The molecule has 0 spiro atoms. The molecule has 1 aliphatic heterocycles. The highest BCUT2D eigenvalue weighted by Gasteiger charge is 2.21. The van der Waals surface area contributed by atoms with Crippen molar-refractivity contribution in [2.75, 3.05) is 6.61 Å². The summed E-state index contributed by atoms with van der Waals surface area (Å²) in [6.45, 7) is 0.666. The Morgan fingerprint density at radius 2 is 2.12 bits per heavy atom. The van der Waals surface area contributed by atoms with E-state index in [-0.39, 0.29) is 6.17 Å². The molecule has 1 saturated heterocycles. The summed E-state index contributed by atoms with van der Waals surface area (Å²) in [6.07, 6.45) is 4.65. The minimum atomic E-state index is 0.0450. The van der Waals surface area contributed by atoms with Gasteiger partial charge in [-0.05, 0) is 48.9 Å². The Morgan fingerprint density at radius 3 is 2.94 bits per heavy atom. The third-order valence-electron chi connectivity index (χ3n) is 3.53. The van der Waals surface area contributed by atoms with Gasteiger partial charge < -0.3 is 10.5 Å². The third kappa shape index (κ3) is 2.44. The average molecular weight is 233 g/mol. The van der Waals surface area contributed by atoms with Gasteiger partial charge >= 0.3 is 0 Å². The monoisotopic (exact) mass is 233 g/mol. The summed E-state index contributed by atoms with van der Waals surface area (Å²) in [4.78, 5) is 0. The predicted octanol–water partition coefficient (Wildman–Crippen LogP) is 0.705. The van der Waals surface area contributed by atoms with Crippen LogP contribution in [0, 0.1) is 0 Å². The highest BCUT2D eigenvalue weighted by Crippen LogP contribution is 2.26. The number of rotatable bonds is 3. The van der Waals surface area contributed by atoms with Crippen molar-refractivity contribution in [2.45, 2.75) is 37.9 Å². The van der Waals surface area contributed by atoms with Crippen LogP contribution in [0.15, 0.2) is 18.2 Å². The van der Waals surface area contributed by atoms with Crippen LogP contribution in [-0.2, 0) is 12.8 Å². The lowest BCUT2D eigenvalue weighted by Crippen LogP contribution is -2.38. The second-order valence-electron chi connectivity index (χ2n) is 4.92. The molecule has 2 unspecified atom stereocenters. The topological polar surface area (TPSA) is 59.3 Å². The molecule has 4 N–H and O–H groups in total. The number of ether oxygens (including phenoxy) is 1. The van der Waals surface area contributed by atoms with Gasteiger partial charge in [-0.3, -0.25) is 0 Å². The van der Waals surface area contributed by atoms with Crippen LogP contribution in [0.4, 0.5) is 0 Å². The highest BCUT2D eigenvalue weighted by molar-refractivity contribution is 5.38. The van der Waals surface area contributed by atoms with Crippen molar-refractivity contribution in [1.29, 1.82) is 0 Å². The smallest absolute Gasteiger partial charge is 0.119 e. The van der Waals surface area contributed by atoms with Gasteiger partial charge in [0.25, 0.3) is 0 Å². The standard InChI is InChI=1S/C13H19N3O/c14-13-7-11(15-16-13)8-17-12-5-4-9-2-1-3-10(9)6-12/h4-6,11,13,15-16H,1-3,7-8,14H2. The molecule has 0 amide bonds. The van der Waals surface area contributed by atoms with E-state index in [1.807, 2.05) is 0 Å². The number of fused-ring (bicyclic) bond motifs is 1. The summed E-state index contributed by atoms with van der Waals surface area (Å²) < 4.78 is 5.81. The number of nitrogens with two attached hydrogens (primary N) is 1. The molecule has 4 heteroatoms. The van der Waals surface area contributed by atoms with Gasteiger partial charge in [-0.25, -0.2) is 10.9 Å². The van der Waals surface area contributed by atoms with Gasteiger partial charge in [-0.1, -0.05) is 6.07 Å². The van der Waals surface area contributed by atoms with E-state index < -0.39 is 0 Å². The van der Waals surface area contributed by atoms with E-state index in [4.69, 9.17) is 10.5 Å². The molecule has 0 aromatic heterocycles. The molecular formula is C13H19N3O. The zero-order chi connectivity index (χ0) is 11.7. The Hall–Kier alpha value is -1.10. The number of hydrogen-bond acceptors (Lipinski definition) is 4. The van der Waals surface area contributed by atoms with Crippen LogP contribution in [0.25, 0.3) is 0 Å². The van der Waals surface area contributed by atoms with E-state index in [9.17, 15) is 0 Å². The van der Waals surface area contributed by atoms with E-state index >= 15 is 0 Å². The summed E-state index contributed by atoms with van der Waals surface area (Å²) in [7, 11) is 0. The summed E-state index contributed by atoms with van der Waals surface area (Å²) in [5, 5.41) is 0. The van der Waals surface area contributed by atoms with E-state index in [1.54, 1.807) is 0 Å². The van der Waals surface area contributed by atoms with Crippen molar-refractivity contribution in [3.8, 4) is 5.75 Å². The van der Waals surface area contributed by atoms with Crippen molar-refractivity contribution < 1.29 is 4.74 Å². The Labute approximate surface area is 101 Å². The van der Waals surface area contributed by atoms with E-state index in [2.05, 4.69) is 29.1 Å². The maximum atomic E-state index is 5.81. The molecule has 0 saturated carbocycles. The van der Waals surface area contributed by atoms with Gasteiger partial charge in [0.15, 0.2) is 0 Å². The molecule has 1 heterocycles. The SMILES string of the molecule is NC1CC(COc2ccc3c(c2)CCC3)NN1. The normalized spacial score (nSPS) is 27.1. The lowest BCUT2D eigenvalue weighted by molar-refractivity contribution is 0.272. The number of benzene rings is 1. The Morgan fingerprint density at radius 1 is 1.24 bits per heavy atom. The van der Waals surface area contributed by atoms with Crippen LogP contribution >= 0.6 is 0 Å². The molecule has 2 aliphatic rings. The lowest BCUT2D eigenvalue weighted by atomic mass is 10.1. The van der Waals surface area contributed by atoms with Gasteiger partial charge in [0.2, 0.25) is 0 Å². The minimum absolute atomic E-state index is 0.0450. The average Bonchev–Trinajstić information content (AvgIpc) is 2.94. The fraction of sp³-hybridized carbons (Fsp3) is 0.538. The van der Waals surface area contributed by atoms with Crippen LogP contribution in [0.1, 0.15) is 24.0 Å². The van der Waals surface area contributed by atoms with Crippen LogP contribution in [-0.4, -0.2) is 18.8 Å². The first-order valence-electron chi connectivity index (χ1n) is 6.32. The zero-order valence-electron chi connectivity index (χ0n) is 9.91. The van der Waals surface area contributed by atoms with Gasteiger partial charge in [0.1, 0.15) is 12.4 Å². The number of nitrogens with one attached hydrogen (secondary N) is 2. The first-order valence-corrected chi connectivity index (χ1v) is 6.32. The van der Waals surface area contributed by atoms with Crippen molar-refractivity contribution in [1.82, 2.24) is 10.9 Å². The number of hydrogen-bond donors (Lipinski definition) is 3. The maximum Gasteiger partial charge on any atom is 0.119 e. The quantitative estimate of drug-likeness (QED) is 0.719. The summed E-state index contributed by atoms with van der Waals surface area (Å²) in [5.41, 5.74) is 14.8. The van der Waals surface area contributed by atoms with Crippen molar-refractivity contribution in [2.24, 2.45) is 5.73 Å². The molecule has 3 rings (SSSR count). The maximum absolute atomic E-state index is 5.81. The van der Waals surface area contributed by atoms with E-state index in [0.717, 1.165) is 12.2 Å². The van der Waals surface area contributed by atoms with Crippen LogP contribution in [0.3, 0.4) is 0 Å². The molecule has 1 aliphatic carbocycles. The molecule has 0 radical (unpaired) electrons. The largest absolute Gasteiger partial charge is 0.492 e. The molecule has 1 aromatic rings. The second kappa shape index (κ2) is 4.64. The third-order valence-corrected chi connectivity index (χ3v) is 3.53. The molecule has 1 fully saturated rings. The van der Waals surface area contributed by atoms with Gasteiger partial charge in [-0.15, -0.1) is 0 Å². The van der Waals surface area contributed by atoms with Gasteiger partial charge in [0.05, 0.1) is 12.2 Å². The molecule has 0 bridgehead atoms. The van der Waals surface area contributed by atoms with Gasteiger partial charge in [0, 0.05) is 0 Å². The molecule has 2 atom stereocenters. The molecule has 1 aromatic carbocycles. The van der Waals surface area contributed by atoms with Crippen LogP contribution < -0.4 is 21.3 Å². The molecule has 4 nitrogen and oxygen atoms in total. The molecule has 92 valence electrons. The Balaban J connectivity index is 1.58. The van der Waals surface area contributed by atoms with Gasteiger partial charge in [-0.2, -0.15) is 0 Å². The van der Waals surface area contributed by atoms with Crippen LogP contribution in [0.2, 0.25) is 0 Å². The second-order valence-corrected chi connectivity index (χ2v) is 4.92. The molecular weight excluding hydrogens is 214 g/mol. The number of hydrazine groups is 1. The first-order chi connectivity index (χ1) is 8.31. The predicted molar refractivity (Wildman–Crippen MR) is 66.6 cm³/mol. The fourth-order valence-corrected chi connectivity index (χ4v) is 2.59. The van der Waals surface area contributed by atoms with Crippen LogP contribution in [0.5, 0.6) is 5.75 Å². The van der Waals surface area contributed by atoms with E-state index in [0.29, 0.717) is 12.6 Å². The van der Waals surface area contributed by atoms with Crippen molar-refractivity contribution in [3.05, 3.63) is 29.3 Å². The molecule has 17 heavy (non-hydrogen) atoms. The van der Waals surface area contributed by atoms with Crippen molar-refractivity contribution in [3.63, 3.8) is 0 Å². The highest BCUT2D eigenvalue weighted by atomic mass is 16.5. The Kier molecular flexibility index (Phi) is 3.01. The first kappa shape index (κ1) is 11.0. The fourth-order valence-electron chi connectivity index (χ4n) is 2.59. The zero-order valence-corrected chi connectivity index (χ0v) is 9.91. The summed E-state index contributed by atoms with van der Waals surface area (Å²) in [6, 6.07) is 6.76. The lowest BCUT2D eigenvalue weighted by Gasteiger charge is -2.12. The summed E-state index contributed by atoms with van der Waals surface area (Å²) in [5.74, 6) is 0.980.